The van der Waals surface area contributed by atoms with Gasteiger partial charge in [0.15, 0.2) is 0 Å². The maximum Gasteiger partial charge on any atom is 0.490 e. The van der Waals surface area contributed by atoms with E-state index in [9.17, 15) is 31.5 Å². The van der Waals surface area contributed by atoms with Crippen molar-refractivity contribution >= 4 is 33.3 Å². The van der Waals surface area contributed by atoms with E-state index in [0.717, 1.165) is 38.3 Å². The van der Waals surface area contributed by atoms with Crippen LogP contribution in [0.2, 0.25) is 0 Å². The van der Waals surface area contributed by atoms with Crippen molar-refractivity contribution in [3.63, 3.8) is 0 Å². The van der Waals surface area contributed by atoms with Crippen molar-refractivity contribution in [1.82, 2.24) is 4.90 Å². The van der Waals surface area contributed by atoms with Gasteiger partial charge in [-0.15, -0.1) is 0 Å². The molecule has 2 aromatic rings. The predicted octanol–water partition coefficient (Wildman–Crippen LogP) is 4.08. The van der Waals surface area contributed by atoms with Gasteiger partial charge < -0.3 is 20.0 Å². The van der Waals surface area contributed by atoms with Crippen molar-refractivity contribution in [2.24, 2.45) is 0 Å². The molecule has 1 aliphatic rings. The molecule has 0 spiro atoms. The monoisotopic (exact) mass is 545 g/mol. The highest BCUT2D eigenvalue weighted by Crippen LogP contribution is 2.31. The first kappa shape index (κ1) is 29.9. The van der Waals surface area contributed by atoms with E-state index in [2.05, 4.69) is 21.4 Å². The number of halogens is 3. The summed E-state index contributed by atoms with van der Waals surface area (Å²) in [4.78, 5) is 24.9. The number of sulfonamides is 1. The van der Waals surface area contributed by atoms with Crippen LogP contribution >= 0.6 is 0 Å². The largest absolute Gasteiger partial charge is 0.490 e. The molecule has 204 valence electrons. The summed E-state index contributed by atoms with van der Waals surface area (Å²) in [6.45, 7) is 10.4. The van der Waals surface area contributed by atoms with Crippen LogP contribution in [-0.2, 0) is 14.8 Å². The Kier molecular flexibility index (Phi) is 9.93. The number of hydrogen-bond donors (Lipinski definition) is 3. The Morgan fingerprint density at radius 2 is 1.54 bits per heavy atom. The van der Waals surface area contributed by atoms with E-state index in [4.69, 9.17) is 9.90 Å². The van der Waals surface area contributed by atoms with E-state index >= 15 is 0 Å². The second-order valence-electron chi connectivity index (χ2n) is 8.59. The summed E-state index contributed by atoms with van der Waals surface area (Å²) in [7, 11) is -3.85. The van der Waals surface area contributed by atoms with Crippen LogP contribution in [0.25, 0.3) is 0 Å². The normalized spacial score (nSPS) is 14.6. The smallest absolute Gasteiger partial charge is 0.478 e. The molecular weight excluding hydrogens is 515 g/mol. The van der Waals surface area contributed by atoms with E-state index in [-0.39, 0.29) is 16.1 Å². The Hall–Kier alpha value is -3.32. The molecule has 1 heterocycles. The molecule has 0 saturated carbocycles. The SMILES string of the molecule is CCN1CCN(c2ccc(C(=O)O)cc2NS(=O)(=O)c2ccc(C(C)C)cc2)CC1.O=C(O)C(F)(F)F. The minimum atomic E-state index is -5.08. The molecule has 0 atom stereocenters. The van der Waals surface area contributed by atoms with Crippen molar-refractivity contribution in [1.29, 1.82) is 0 Å². The Bertz CT molecular complexity index is 1190. The topological polar surface area (TPSA) is 127 Å². The maximum absolute atomic E-state index is 13.0. The second kappa shape index (κ2) is 12.3. The number of piperazine rings is 1. The number of likely N-dealkylation sites (N-methyl/N-ethyl adjacent to an activating group) is 1. The summed E-state index contributed by atoms with van der Waals surface area (Å²) in [5.74, 6) is -3.55. The van der Waals surface area contributed by atoms with Gasteiger partial charge in [0, 0.05) is 26.2 Å². The Morgan fingerprint density at radius 1 is 1.00 bits per heavy atom. The third-order valence-electron chi connectivity index (χ3n) is 5.75. The van der Waals surface area contributed by atoms with Gasteiger partial charge in [-0.05, 0) is 48.4 Å². The van der Waals surface area contributed by atoms with Crippen LogP contribution in [0.15, 0.2) is 47.4 Å². The minimum Gasteiger partial charge on any atom is -0.478 e. The number of rotatable bonds is 7. The minimum absolute atomic E-state index is 0.0406. The van der Waals surface area contributed by atoms with Gasteiger partial charge in [-0.2, -0.15) is 13.2 Å². The molecule has 0 radical (unpaired) electrons. The Labute approximate surface area is 213 Å². The summed E-state index contributed by atoms with van der Waals surface area (Å²) in [6.07, 6.45) is -5.08. The fourth-order valence-corrected chi connectivity index (χ4v) is 4.63. The van der Waals surface area contributed by atoms with Crippen LogP contribution in [0.4, 0.5) is 24.5 Å². The van der Waals surface area contributed by atoms with Gasteiger partial charge in [0.1, 0.15) is 0 Å². The van der Waals surface area contributed by atoms with Gasteiger partial charge in [0.2, 0.25) is 0 Å². The summed E-state index contributed by atoms with van der Waals surface area (Å²) in [6, 6.07) is 11.4. The number of hydrogen-bond acceptors (Lipinski definition) is 6. The zero-order valence-electron chi connectivity index (χ0n) is 20.6. The average Bonchev–Trinajstić information content (AvgIpc) is 2.83. The first-order valence-corrected chi connectivity index (χ1v) is 12.9. The molecular formula is C24H30F3N3O6S. The molecule has 37 heavy (non-hydrogen) atoms. The molecule has 0 bridgehead atoms. The van der Waals surface area contributed by atoms with Crippen LogP contribution < -0.4 is 9.62 Å². The van der Waals surface area contributed by atoms with Gasteiger partial charge in [0.05, 0.1) is 21.8 Å². The number of nitrogens with zero attached hydrogens (tertiary/aromatic N) is 2. The molecule has 1 saturated heterocycles. The van der Waals surface area contributed by atoms with E-state index < -0.39 is 28.1 Å². The van der Waals surface area contributed by atoms with Crippen LogP contribution in [0.3, 0.4) is 0 Å². The summed E-state index contributed by atoms with van der Waals surface area (Å²) >= 11 is 0. The van der Waals surface area contributed by atoms with Crippen molar-refractivity contribution in [3.05, 3.63) is 53.6 Å². The lowest BCUT2D eigenvalue weighted by Crippen LogP contribution is -2.46. The predicted molar refractivity (Wildman–Crippen MR) is 133 cm³/mol. The maximum atomic E-state index is 13.0. The molecule has 1 aliphatic heterocycles. The van der Waals surface area contributed by atoms with Crippen molar-refractivity contribution < 1.29 is 41.4 Å². The van der Waals surface area contributed by atoms with Crippen molar-refractivity contribution in [2.75, 3.05) is 42.3 Å². The highest BCUT2D eigenvalue weighted by Gasteiger charge is 2.38. The number of nitrogens with one attached hydrogen (secondary N) is 1. The molecule has 0 unspecified atom stereocenters. The standard InChI is InChI=1S/C22H29N3O4S.C2HF3O2/c1-4-24-11-13-25(14-12-24)21-10-7-18(22(26)27)15-20(21)23-30(28,29)19-8-5-17(6-9-19)16(2)3;3-2(4,5)1(6)7/h5-10,15-16,23H,4,11-14H2,1-3H3,(H,26,27);(H,6,7). The molecule has 2 aromatic carbocycles. The first-order valence-electron chi connectivity index (χ1n) is 11.4. The van der Waals surface area contributed by atoms with E-state index in [1.807, 2.05) is 13.8 Å². The molecule has 1 fully saturated rings. The van der Waals surface area contributed by atoms with E-state index in [0.29, 0.717) is 11.6 Å². The van der Waals surface area contributed by atoms with Gasteiger partial charge in [-0.1, -0.05) is 32.9 Å². The highest BCUT2D eigenvalue weighted by molar-refractivity contribution is 7.92. The molecule has 0 aliphatic carbocycles. The zero-order valence-corrected chi connectivity index (χ0v) is 21.4. The molecule has 3 rings (SSSR count). The summed E-state index contributed by atoms with van der Waals surface area (Å²) in [5, 5.41) is 16.5. The van der Waals surface area contributed by atoms with Gasteiger partial charge in [-0.3, -0.25) is 4.72 Å². The number of aromatic carboxylic acids is 1. The van der Waals surface area contributed by atoms with Crippen LogP contribution in [0.1, 0.15) is 42.6 Å². The summed E-state index contributed by atoms with van der Waals surface area (Å²) in [5.41, 5.74) is 2.07. The average molecular weight is 546 g/mol. The molecule has 3 N–H and O–H groups in total. The number of carboxylic acid groups (broad SMARTS) is 2. The van der Waals surface area contributed by atoms with Crippen LogP contribution in [0.5, 0.6) is 0 Å². The van der Waals surface area contributed by atoms with Crippen molar-refractivity contribution in [3.8, 4) is 0 Å². The number of anilines is 2. The molecule has 9 nitrogen and oxygen atoms in total. The Balaban J connectivity index is 0.000000604. The fraction of sp³-hybridized carbons (Fsp3) is 0.417. The zero-order chi connectivity index (χ0) is 28.0. The fourth-order valence-electron chi connectivity index (χ4n) is 3.57. The highest BCUT2D eigenvalue weighted by atomic mass is 32.2. The molecule has 13 heteroatoms. The number of alkyl halides is 3. The number of carbonyl (C=O) groups is 2. The number of benzene rings is 2. The third kappa shape index (κ3) is 8.35. The van der Waals surface area contributed by atoms with Gasteiger partial charge in [-0.25, -0.2) is 18.0 Å². The number of carboxylic acids is 2. The molecule has 0 amide bonds. The van der Waals surface area contributed by atoms with Gasteiger partial charge in [0.25, 0.3) is 10.0 Å². The summed E-state index contributed by atoms with van der Waals surface area (Å²) < 4.78 is 60.4. The molecule has 0 aromatic heterocycles. The second-order valence-corrected chi connectivity index (χ2v) is 10.3. The quantitative estimate of drug-likeness (QED) is 0.475. The lowest BCUT2D eigenvalue weighted by molar-refractivity contribution is -0.192. The number of aliphatic carboxylic acids is 1. The third-order valence-corrected chi connectivity index (χ3v) is 7.13. The lowest BCUT2D eigenvalue weighted by atomic mass is 10.0. The first-order chi connectivity index (χ1) is 17.2. The lowest BCUT2D eigenvalue weighted by Gasteiger charge is -2.36. The van der Waals surface area contributed by atoms with Crippen molar-refractivity contribution in [2.45, 2.75) is 37.8 Å². The van der Waals surface area contributed by atoms with E-state index in [1.165, 1.54) is 12.1 Å². The van der Waals surface area contributed by atoms with Gasteiger partial charge >= 0.3 is 18.1 Å². The Morgan fingerprint density at radius 3 is 1.97 bits per heavy atom. The van der Waals surface area contributed by atoms with Crippen LogP contribution in [0, 0.1) is 0 Å². The van der Waals surface area contributed by atoms with E-state index in [1.54, 1.807) is 30.3 Å². The van der Waals surface area contributed by atoms with Crippen LogP contribution in [-0.4, -0.2) is 74.4 Å².